The lowest BCUT2D eigenvalue weighted by atomic mass is 10.0. The van der Waals surface area contributed by atoms with Crippen LogP contribution in [0.1, 0.15) is 18.9 Å². The average Bonchev–Trinajstić information content (AvgIpc) is 2.51. The Balaban J connectivity index is 2.82. The van der Waals surface area contributed by atoms with Crippen LogP contribution in [0.4, 0.5) is 0 Å². The minimum Gasteiger partial charge on any atom is -0.480 e. The molecule has 2 atom stereocenters. The first-order valence-electron chi connectivity index (χ1n) is 7.30. The van der Waals surface area contributed by atoms with Crippen molar-refractivity contribution in [3.8, 4) is 0 Å². The van der Waals surface area contributed by atoms with Crippen molar-refractivity contribution < 1.29 is 24.6 Å². The number of nitrogens with one attached hydrogen (secondary N) is 2. The van der Waals surface area contributed by atoms with Gasteiger partial charge >= 0.3 is 5.97 Å². The summed E-state index contributed by atoms with van der Waals surface area (Å²) in [7, 11) is 0. The van der Waals surface area contributed by atoms with Crippen molar-refractivity contribution in [1.29, 1.82) is 0 Å². The van der Waals surface area contributed by atoms with Gasteiger partial charge < -0.3 is 20.8 Å². The Kier molecular flexibility index (Phi) is 8.00. The number of carbonyl (C=O) groups is 3. The number of carbonyl (C=O) groups excluding carboxylic acids is 2. The van der Waals surface area contributed by atoms with E-state index < -0.39 is 30.6 Å². The van der Waals surface area contributed by atoms with E-state index in [1.54, 1.807) is 0 Å². The number of rotatable bonds is 9. The number of benzene rings is 1. The molecule has 0 aromatic heterocycles. The first kappa shape index (κ1) is 19.7. The maximum Gasteiger partial charge on any atom is 0.322 e. The maximum atomic E-state index is 11.9. The highest BCUT2D eigenvalue weighted by atomic mass is 32.1. The largest absolute Gasteiger partial charge is 0.480 e. The summed E-state index contributed by atoms with van der Waals surface area (Å²) in [5.74, 6) is -2.18. The molecule has 0 fully saturated rings. The summed E-state index contributed by atoms with van der Waals surface area (Å²) < 4.78 is 0. The molecule has 0 saturated heterocycles. The predicted molar refractivity (Wildman–Crippen MR) is 91.6 cm³/mol. The number of hydrogen-bond donors (Lipinski definition) is 4. The second kappa shape index (κ2) is 9.74. The van der Waals surface area contributed by atoms with Crippen LogP contribution in [0.15, 0.2) is 30.3 Å². The Morgan fingerprint density at radius 1 is 1.21 bits per heavy atom. The van der Waals surface area contributed by atoms with Gasteiger partial charge in [-0.1, -0.05) is 42.5 Å². The highest BCUT2D eigenvalue weighted by molar-refractivity contribution is 7.80. The molecule has 4 N–H and O–H groups in total. The van der Waals surface area contributed by atoms with Crippen LogP contribution in [-0.4, -0.2) is 51.6 Å². The minimum atomic E-state index is -1.52. The van der Waals surface area contributed by atoms with E-state index in [9.17, 15) is 19.5 Å². The molecular formula is C16H20N2O5S. The fourth-order valence-corrected chi connectivity index (χ4v) is 2.40. The second-order valence-electron chi connectivity index (χ2n) is 5.30. The van der Waals surface area contributed by atoms with Gasteiger partial charge in [-0.2, -0.15) is 0 Å². The summed E-state index contributed by atoms with van der Waals surface area (Å²) in [6, 6.07) is 8.33. The van der Waals surface area contributed by atoms with Gasteiger partial charge in [0.15, 0.2) is 6.10 Å². The van der Waals surface area contributed by atoms with Gasteiger partial charge in [-0.15, -0.1) is 0 Å². The van der Waals surface area contributed by atoms with E-state index in [4.69, 9.17) is 17.3 Å². The Labute approximate surface area is 145 Å². The highest BCUT2D eigenvalue weighted by Gasteiger charge is 2.27. The van der Waals surface area contributed by atoms with Gasteiger partial charge in [-0.05, 0) is 18.9 Å². The number of Topliss-reactive ketones (excluding diaryl/α,β-unsaturated/α-hetero) is 1. The van der Waals surface area contributed by atoms with E-state index in [0.29, 0.717) is 0 Å². The Morgan fingerprint density at radius 3 is 2.38 bits per heavy atom. The van der Waals surface area contributed by atoms with Crippen LogP contribution in [0.5, 0.6) is 0 Å². The molecule has 7 nitrogen and oxygen atoms in total. The summed E-state index contributed by atoms with van der Waals surface area (Å²) in [4.78, 5) is 33.8. The number of thiocarbonyl (C=S) groups is 1. The average molecular weight is 352 g/mol. The predicted octanol–water partition coefficient (Wildman–Crippen LogP) is 0.0555. The topological polar surface area (TPSA) is 116 Å². The molecule has 1 aromatic rings. The third kappa shape index (κ3) is 7.30. The molecule has 0 aliphatic rings. The number of aliphatic carboxylic acids is 1. The van der Waals surface area contributed by atoms with Crippen LogP contribution in [0.3, 0.4) is 0 Å². The molecule has 0 spiro atoms. The van der Waals surface area contributed by atoms with Crippen LogP contribution in [0, 0.1) is 0 Å². The lowest BCUT2D eigenvalue weighted by molar-refractivity contribution is -0.139. The molecule has 0 saturated carbocycles. The fourth-order valence-electron chi connectivity index (χ4n) is 2.04. The van der Waals surface area contributed by atoms with E-state index in [2.05, 4.69) is 10.6 Å². The van der Waals surface area contributed by atoms with Crippen molar-refractivity contribution in [3.05, 3.63) is 35.9 Å². The number of carboxylic acid groups (broad SMARTS) is 1. The Hall–Kier alpha value is -2.32. The van der Waals surface area contributed by atoms with E-state index in [1.807, 2.05) is 30.3 Å². The van der Waals surface area contributed by atoms with E-state index in [1.165, 1.54) is 6.92 Å². The molecule has 0 radical (unpaired) electrons. The van der Waals surface area contributed by atoms with Crippen molar-refractivity contribution in [1.82, 2.24) is 10.6 Å². The lowest BCUT2D eigenvalue weighted by Gasteiger charge is -2.24. The molecule has 8 heteroatoms. The molecule has 2 unspecified atom stereocenters. The fraction of sp³-hybridized carbons (Fsp3) is 0.375. The number of ketones is 1. The van der Waals surface area contributed by atoms with Crippen LogP contribution in [0.2, 0.25) is 0 Å². The molecule has 1 amide bonds. The molecule has 1 rings (SSSR count). The van der Waals surface area contributed by atoms with E-state index in [-0.39, 0.29) is 23.6 Å². The zero-order chi connectivity index (χ0) is 18.1. The van der Waals surface area contributed by atoms with Crippen molar-refractivity contribution in [2.24, 2.45) is 0 Å². The first-order chi connectivity index (χ1) is 11.3. The van der Waals surface area contributed by atoms with Crippen LogP contribution >= 0.6 is 12.2 Å². The van der Waals surface area contributed by atoms with Crippen molar-refractivity contribution in [3.63, 3.8) is 0 Å². The first-order valence-corrected chi connectivity index (χ1v) is 7.70. The summed E-state index contributed by atoms with van der Waals surface area (Å²) >= 11 is 5.07. The van der Waals surface area contributed by atoms with Crippen LogP contribution in [-0.2, 0) is 20.8 Å². The maximum absolute atomic E-state index is 11.9. The standard InChI is InChI=1S/C16H20N2O5S/c1-10(19)7-13(24)18-12(8-11-5-3-2-4-6-11)15(22)16(23)17-9-14(20)21/h2-6,12,15,22H,7-9H2,1H3,(H,17,23)(H,18,24)(H,20,21). The van der Waals surface area contributed by atoms with Crippen LogP contribution < -0.4 is 10.6 Å². The van der Waals surface area contributed by atoms with Gasteiger partial charge in [0.25, 0.3) is 5.91 Å². The summed E-state index contributed by atoms with van der Waals surface area (Å²) in [5, 5.41) is 23.8. The lowest BCUT2D eigenvalue weighted by Crippen LogP contribution is -2.52. The molecule has 1 aromatic carbocycles. The molecule has 0 aliphatic carbocycles. The summed E-state index contributed by atoms with van der Waals surface area (Å²) in [6.45, 7) is 0.794. The molecular weight excluding hydrogens is 332 g/mol. The molecule has 0 heterocycles. The van der Waals surface area contributed by atoms with Gasteiger partial charge in [-0.25, -0.2) is 0 Å². The SMILES string of the molecule is CC(=O)CC(=S)NC(Cc1ccccc1)C(O)C(=O)NCC(=O)O. The molecule has 0 bridgehead atoms. The van der Waals surface area contributed by atoms with Crippen molar-refractivity contribution in [2.75, 3.05) is 6.54 Å². The monoisotopic (exact) mass is 352 g/mol. The highest BCUT2D eigenvalue weighted by Crippen LogP contribution is 2.08. The quantitative estimate of drug-likeness (QED) is 0.464. The number of amides is 1. The molecule has 0 aliphatic heterocycles. The normalized spacial score (nSPS) is 12.8. The summed E-state index contributed by atoms with van der Waals surface area (Å²) in [6.07, 6.45) is -1.24. The number of aliphatic hydroxyl groups is 1. The zero-order valence-electron chi connectivity index (χ0n) is 13.2. The van der Waals surface area contributed by atoms with E-state index >= 15 is 0 Å². The minimum absolute atomic E-state index is 0.00406. The molecule has 130 valence electrons. The van der Waals surface area contributed by atoms with Gasteiger partial charge in [0.05, 0.1) is 17.5 Å². The molecule has 24 heavy (non-hydrogen) atoms. The van der Waals surface area contributed by atoms with Crippen LogP contribution in [0.25, 0.3) is 0 Å². The van der Waals surface area contributed by atoms with Gasteiger partial charge in [0.2, 0.25) is 0 Å². The van der Waals surface area contributed by atoms with E-state index in [0.717, 1.165) is 5.56 Å². The van der Waals surface area contributed by atoms with Gasteiger partial charge in [0, 0.05) is 0 Å². The Bertz CT molecular complexity index is 606. The third-order valence-electron chi connectivity index (χ3n) is 3.12. The third-order valence-corrected chi connectivity index (χ3v) is 3.38. The zero-order valence-corrected chi connectivity index (χ0v) is 14.0. The second-order valence-corrected chi connectivity index (χ2v) is 5.79. The summed E-state index contributed by atoms with van der Waals surface area (Å²) in [5.41, 5.74) is 0.853. The smallest absolute Gasteiger partial charge is 0.322 e. The van der Waals surface area contributed by atoms with Crippen molar-refractivity contribution in [2.45, 2.75) is 31.9 Å². The van der Waals surface area contributed by atoms with Gasteiger partial charge in [-0.3, -0.25) is 14.4 Å². The van der Waals surface area contributed by atoms with Crippen molar-refractivity contribution >= 4 is 34.9 Å². The van der Waals surface area contributed by atoms with Gasteiger partial charge in [0.1, 0.15) is 12.3 Å². The number of carboxylic acids is 1. The number of hydrogen-bond acceptors (Lipinski definition) is 5. The Morgan fingerprint density at radius 2 is 1.83 bits per heavy atom. The number of aliphatic hydroxyl groups excluding tert-OH is 1.